The summed E-state index contributed by atoms with van der Waals surface area (Å²) >= 11 is 0. The van der Waals surface area contributed by atoms with Crippen molar-refractivity contribution in [1.82, 2.24) is 0 Å². The minimum absolute atomic E-state index is 0.144. The first kappa shape index (κ1) is 16.6. The molecule has 7 heteroatoms. The van der Waals surface area contributed by atoms with Gasteiger partial charge in [-0.1, -0.05) is 0 Å². The standard InChI is InChI=1S/C15H22N2O4S/c1-4-16-13-9-12(15(18)21-3)10-14(11(13)2)17-7-5-6-8-22(17,19)20/h9-10,16H,4-8H2,1-3H3. The zero-order valence-corrected chi connectivity index (χ0v) is 14.0. The number of hydrogen-bond donors (Lipinski definition) is 1. The van der Waals surface area contributed by atoms with E-state index in [0.29, 0.717) is 30.8 Å². The quantitative estimate of drug-likeness (QED) is 0.858. The molecule has 0 bridgehead atoms. The van der Waals surface area contributed by atoms with Crippen LogP contribution in [0, 0.1) is 6.92 Å². The molecular formula is C15H22N2O4S. The summed E-state index contributed by atoms with van der Waals surface area (Å²) in [5.41, 5.74) is 2.47. The highest BCUT2D eigenvalue weighted by Crippen LogP contribution is 2.33. The van der Waals surface area contributed by atoms with Crippen LogP contribution >= 0.6 is 0 Å². The fourth-order valence-corrected chi connectivity index (χ4v) is 4.31. The smallest absolute Gasteiger partial charge is 0.337 e. The molecule has 1 aliphatic rings. The van der Waals surface area contributed by atoms with Gasteiger partial charge < -0.3 is 10.1 Å². The lowest BCUT2D eigenvalue weighted by molar-refractivity contribution is 0.0601. The molecular weight excluding hydrogens is 304 g/mol. The van der Waals surface area contributed by atoms with Gasteiger partial charge in [0, 0.05) is 18.8 Å². The predicted molar refractivity (Wildman–Crippen MR) is 87.0 cm³/mol. The van der Waals surface area contributed by atoms with Gasteiger partial charge in [-0.2, -0.15) is 0 Å². The number of carbonyl (C=O) groups excluding carboxylic acids is 1. The normalized spacial score (nSPS) is 17.1. The van der Waals surface area contributed by atoms with Gasteiger partial charge in [-0.3, -0.25) is 4.31 Å². The highest BCUT2D eigenvalue weighted by molar-refractivity contribution is 7.92. The third-order valence-electron chi connectivity index (χ3n) is 3.79. The summed E-state index contributed by atoms with van der Waals surface area (Å²) in [4.78, 5) is 11.9. The molecule has 0 atom stereocenters. The lowest BCUT2D eigenvalue weighted by Gasteiger charge is -2.30. The van der Waals surface area contributed by atoms with E-state index in [2.05, 4.69) is 5.32 Å². The average molecular weight is 326 g/mol. The second kappa shape index (κ2) is 6.56. The number of esters is 1. The maximum absolute atomic E-state index is 12.3. The molecule has 1 aromatic carbocycles. The van der Waals surface area contributed by atoms with Crippen molar-refractivity contribution in [1.29, 1.82) is 0 Å². The van der Waals surface area contributed by atoms with E-state index in [1.165, 1.54) is 11.4 Å². The molecule has 0 spiro atoms. The maximum Gasteiger partial charge on any atom is 0.337 e. The van der Waals surface area contributed by atoms with Gasteiger partial charge in [0.25, 0.3) is 0 Å². The molecule has 22 heavy (non-hydrogen) atoms. The molecule has 0 aliphatic carbocycles. The van der Waals surface area contributed by atoms with E-state index in [1.54, 1.807) is 12.1 Å². The van der Waals surface area contributed by atoms with Gasteiger partial charge >= 0.3 is 5.97 Å². The molecule has 0 radical (unpaired) electrons. The summed E-state index contributed by atoms with van der Waals surface area (Å²) in [6.07, 6.45) is 1.49. The first-order chi connectivity index (χ1) is 10.4. The highest BCUT2D eigenvalue weighted by atomic mass is 32.2. The molecule has 1 aliphatic heterocycles. The Kier molecular flexibility index (Phi) is 4.95. The van der Waals surface area contributed by atoms with E-state index in [4.69, 9.17) is 4.74 Å². The van der Waals surface area contributed by atoms with Crippen LogP contribution in [0.15, 0.2) is 12.1 Å². The molecule has 1 heterocycles. The molecule has 0 saturated carbocycles. The van der Waals surface area contributed by atoms with Crippen LogP contribution in [0.25, 0.3) is 0 Å². The molecule has 1 aromatic rings. The van der Waals surface area contributed by atoms with E-state index < -0.39 is 16.0 Å². The molecule has 122 valence electrons. The Balaban J connectivity index is 2.57. The molecule has 0 aromatic heterocycles. The molecule has 1 fully saturated rings. The Hall–Kier alpha value is -1.76. The SMILES string of the molecule is CCNc1cc(C(=O)OC)cc(N2CCCCS2(=O)=O)c1C. The number of benzene rings is 1. The van der Waals surface area contributed by atoms with Gasteiger partial charge in [-0.25, -0.2) is 13.2 Å². The van der Waals surface area contributed by atoms with Gasteiger partial charge in [0.1, 0.15) is 0 Å². The Labute approximate surface area is 131 Å². The molecule has 0 amide bonds. The number of nitrogens with one attached hydrogen (secondary N) is 1. The topological polar surface area (TPSA) is 75.7 Å². The monoisotopic (exact) mass is 326 g/mol. The van der Waals surface area contributed by atoms with Gasteiger partial charge in [0.2, 0.25) is 10.0 Å². The van der Waals surface area contributed by atoms with Crippen LogP contribution in [-0.4, -0.2) is 40.3 Å². The van der Waals surface area contributed by atoms with Crippen molar-refractivity contribution >= 4 is 27.4 Å². The van der Waals surface area contributed by atoms with Crippen molar-refractivity contribution in [3.63, 3.8) is 0 Å². The number of methoxy groups -OCH3 is 1. The van der Waals surface area contributed by atoms with Crippen LogP contribution in [0.3, 0.4) is 0 Å². The van der Waals surface area contributed by atoms with Crippen LogP contribution in [-0.2, 0) is 14.8 Å². The number of rotatable bonds is 4. The third kappa shape index (κ3) is 3.19. The van der Waals surface area contributed by atoms with E-state index in [0.717, 1.165) is 17.7 Å². The van der Waals surface area contributed by atoms with Gasteiger partial charge in [-0.15, -0.1) is 0 Å². The van der Waals surface area contributed by atoms with Crippen molar-refractivity contribution in [2.75, 3.05) is 35.6 Å². The summed E-state index contributed by atoms with van der Waals surface area (Å²) in [7, 11) is -2.01. The Morgan fingerprint density at radius 1 is 1.36 bits per heavy atom. The number of anilines is 2. The number of carbonyl (C=O) groups is 1. The minimum atomic E-state index is -3.33. The number of hydrogen-bond acceptors (Lipinski definition) is 5. The first-order valence-corrected chi connectivity index (χ1v) is 8.99. The van der Waals surface area contributed by atoms with E-state index in [-0.39, 0.29) is 5.75 Å². The number of nitrogens with zero attached hydrogens (tertiary/aromatic N) is 1. The van der Waals surface area contributed by atoms with Crippen molar-refractivity contribution in [3.05, 3.63) is 23.3 Å². The van der Waals surface area contributed by atoms with E-state index in [9.17, 15) is 13.2 Å². The largest absolute Gasteiger partial charge is 0.465 e. The zero-order chi connectivity index (χ0) is 16.3. The molecule has 1 saturated heterocycles. The lowest BCUT2D eigenvalue weighted by atomic mass is 10.1. The maximum atomic E-state index is 12.3. The fourth-order valence-electron chi connectivity index (χ4n) is 2.63. The molecule has 6 nitrogen and oxygen atoms in total. The Bertz CT molecular complexity index is 670. The van der Waals surface area contributed by atoms with Crippen molar-refractivity contribution in [2.24, 2.45) is 0 Å². The predicted octanol–water partition coefficient (Wildman–Crippen LogP) is 2.14. The fraction of sp³-hybridized carbons (Fsp3) is 0.533. The molecule has 0 unspecified atom stereocenters. The average Bonchev–Trinajstić information content (AvgIpc) is 2.49. The van der Waals surface area contributed by atoms with Crippen LogP contribution in [0.5, 0.6) is 0 Å². The lowest BCUT2D eigenvalue weighted by Crippen LogP contribution is -2.38. The van der Waals surface area contributed by atoms with Gasteiger partial charge in [0.15, 0.2) is 0 Å². The summed E-state index contributed by atoms with van der Waals surface area (Å²) in [5.74, 6) is -0.333. The highest BCUT2D eigenvalue weighted by Gasteiger charge is 2.28. The van der Waals surface area contributed by atoms with Crippen LogP contribution < -0.4 is 9.62 Å². The Morgan fingerprint density at radius 3 is 2.68 bits per heavy atom. The van der Waals surface area contributed by atoms with Gasteiger partial charge in [-0.05, 0) is 44.4 Å². The summed E-state index contributed by atoms with van der Waals surface area (Å²) in [6, 6.07) is 3.30. The number of ether oxygens (including phenoxy) is 1. The van der Waals surface area contributed by atoms with Crippen LogP contribution in [0.1, 0.15) is 35.7 Å². The van der Waals surface area contributed by atoms with E-state index in [1.807, 2.05) is 13.8 Å². The summed E-state index contributed by atoms with van der Waals surface area (Å²) in [5, 5.41) is 3.17. The molecule has 2 rings (SSSR count). The van der Waals surface area contributed by atoms with Crippen molar-refractivity contribution in [2.45, 2.75) is 26.7 Å². The van der Waals surface area contributed by atoms with Crippen molar-refractivity contribution in [3.8, 4) is 0 Å². The Morgan fingerprint density at radius 2 is 2.09 bits per heavy atom. The molecule has 1 N–H and O–H groups in total. The first-order valence-electron chi connectivity index (χ1n) is 7.38. The summed E-state index contributed by atoms with van der Waals surface area (Å²) < 4.78 is 30.9. The van der Waals surface area contributed by atoms with E-state index >= 15 is 0 Å². The number of sulfonamides is 1. The van der Waals surface area contributed by atoms with Crippen LogP contribution in [0.2, 0.25) is 0 Å². The zero-order valence-electron chi connectivity index (χ0n) is 13.2. The second-order valence-corrected chi connectivity index (χ2v) is 7.30. The van der Waals surface area contributed by atoms with Crippen LogP contribution in [0.4, 0.5) is 11.4 Å². The van der Waals surface area contributed by atoms with Crippen molar-refractivity contribution < 1.29 is 17.9 Å². The minimum Gasteiger partial charge on any atom is -0.465 e. The second-order valence-electron chi connectivity index (χ2n) is 5.29. The third-order valence-corrected chi connectivity index (χ3v) is 5.64. The summed E-state index contributed by atoms with van der Waals surface area (Å²) in [6.45, 7) is 4.93. The van der Waals surface area contributed by atoms with Gasteiger partial charge in [0.05, 0.1) is 24.1 Å².